The van der Waals surface area contributed by atoms with Crippen LogP contribution in [0.1, 0.15) is 19.8 Å². The van der Waals surface area contributed by atoms with Gasteiger partial charge in [-0.1, -0.05) is 30.1 Å². The standard InChI is InChI=1S/C11H11Cl2NO/c1-2-10(3-4-14)15-11-6-8(12)5-9(13)7-11/h5-7,10H,2-3H2,1H3. The third-order valence-corrected chi connectivity index (χ3v) is 2.35. The average molecular weight is 244 g/mol. The molecule has 0 aliphatic carbocycles. The third-order valence-electron chi connectivity index (χ3n) is 1.91. The first-order chi connectivity index (χ1) is 7.15. The SMILES string of the molecule is CCC(CC#N)Oc1cc(Cl)cc(Cl)c1. The van der Waals surface area contributed by atoms with E-state index in [1.54, 1.807) is 18.2 Å². The first-order valence-electron chi connectivity index (χ1n) is 4.65. The summed E-state index contributed by atoms with van der Waals surface area (Å²) in [7, 11) is 0. The Hall–Kier alpha value is -0.910. The largest absolute Gasteiger partial charge is 0.489 e. The van der Waals surface area contributed by atoms with Crippen molar-refractivity contribution in [1.29, 1.82) is 5.26 Å². The molecular formula is C11H11Cl2NO. The molecule has 1 atom stereocenters. The first-order valence-corrected chi connectivity index (χ1v) is 5.41. The van der Waals surface area contributed by atoms with Crippen molar-refractivity contribution in [1.82, 2.24) is 0 Å². The summed E-state index contributed by atoms with van der Waals surface area (Å²) in [6.45, 7) is 1.97. The zero-order valence-corrected chi connectivity index (χ0v) is 9.85. The van der Waals surface area contributed by atoms with Crippen LogP contribution in [0.3, 0.4) is 0 Å². The van der Waals surface area contributed by atoms with E-state index in [4.69, 9.17) is 33.2 Å². The minimum Gasteiger partial charge on any atom is -0.489 e. The second-order valence-corrected chi connectivity index (χ2v) is 3.99. The maximum absolute atomic E-state index is 8.57. The van der Waals surface area contributed by atoms with Gasteiger partial charge in [0.25, 0.3) is 0 Å². The molecule has 0 spiro atoms. The van der Waals surface area contributed by atoms with E-state index in [1.807, 2.05) is 6.92 Å². The van der Waals surface area contributed by atoms with Crippen LogP contribution in [0.2, 0.25) is 10.0 Å². The number of halogens is 2. The summed E-state index contributed by atoms with van der Waals surface area (Å²) in [5.41, 5.74) is 0. The molecule has 0 amide bonds. The van der Waals surface area contributed by atoms with Crippen molar-refractivity contribution in [2.45, 2.75) is 25.9 Å². The minimum atomic E-state index is -0.107. The van der Waals surface area contributed by atoms with E-state index in [9.17, 15) is 0 Å². The average Bonchev–Trinajstić information content (AvgIpc) is 2.15. The van der Waals surface area contributed by atoms with Crippen molar-refractivity contribution in [3.63, 3.8) is 0 Å². The van der Waals surface area contributed by atoms with Crippen LogP contribution in [0.5, 0.6) is 5.75 Å². The number of benzene rings is 1. The zero-order valence-electron chi connectivity index (χ0n) is 8.34. The molecule has 2 nitrogen and oxygen atoms in total. The van der Waals surface area contributed by atoms with Gasteiger partial charge in [-0.05, 0) is 24.6 Å². The summed E-state index contributed by atoms with van der Waals surface area (Å²) < 4.78 is 5.57. The molecular weight excluding hydrogens is 233 g/mol. The van der Waals surface area contributed by atoms with Gasteiger partial charge in [0.2, 0.25) is 0 Å². The molecule has 0 fully saturated rings. The highest BCUT2D eigenvalue weighted by Crippen LogP contribution is 2.25. The minimum absolute atomic E-state index is 0.107. The molecule has 1 aromatic carbocycles. The summed E-state index contributed by atoms with van der Waals surface area (Å²) in [6.07, 6.45) is 1.03. The van der Waals surface area contributed by atoms with Gasteiger partial charge < -0.3 is 4.74 Å². The highest BCUT2D eigenvalue weighted by Gasteiger charge is 2.08. The second kappa shape index (κ2) is 5.85. The van der Waals surface area contributed by atoms with Gasteiger partial charge in [0.15, 0.2) is 0 Å². The molecule has 1 aromatic rings. The van der Waals surface area contributed by atoms with Crippen LogP contribution in [0, 0.1) is 11.3 Å². The van der Waals surface area contributed by atoms with Crippen LogP contribution in [0.4, 0.5) is 0 Å². The van der Waals surface area contributed by atoms with Gasteiger partial charge in [0.1, 0.15) is 11.9 Å². The quantitative estimate of drug-likeness (QED) is 0.799. The summed E-state index contributed by atoms with van der Waals surface area (Å²) in [6, 6.07) is 7.09. The molecule has 0 aliphatic heterocycles. The molecule has 4 heteroatoms. The maximum atomic E-state index is 8.57. The number of nitrogens with zero attached hydrogens (tertiary/aromatic N) is 1. The van der Waals surface area contributed by atoms with E-state index in [2.05, 4.69) is 6.07 Å². The zero-order chi connectivity index (χ0) is 11.3. The summed E-state index contributed by atoms with van der Waals surface area (Å²) in [4.78, 5) is 0. The predicted octanol–water partition coefficient (Wildman–Crippen LogP) is 4.06. The summed E-state index contributed by atoms with van der Waals surface area (Å²) in [5, 5.41) is 9.64. The predicted molar refractivity (Wildman–Crippen MR) is 61.4 cm³/mol. The van der Waals surface area contributed by atoms with E-state index in [0.717, 1.165) is 6.42 Å². The highest BCUT2D eigenvalue weighted by atomic mass is 35.5. The van der Waals surface area contributed by atoms with Crippen LogP contribution in [0.15, 0.2) is 18.2 Å². The lowest BCUT2D eigenvalue weighted by atomic mass is 10.2. The van der Waals surface area contributed by atoms with Crippen LogP contribution in [0.25, 0.3) is 0 Å². The lowest BCUT2D eigenvalue weighted by Gasteiger charge is -2.14. The lowest BCUT2D eigenvalue weighted by molar-refractivity contribution is 0.202. The molecule has 0 radical (unpaired) electrons. The summed E-state index contributed by atoms with van der Waals surface area (Å²) in [5.74, 6) is 0.606. The number of nitriles is 1. The van der Waals surface area contributed by atoms with Gasteiger partial charge in [-0.2, -0.15) is 5.26 Å². The Kier molecular flexibility index (Phi) is 4.74. The van der Waals surface area contributed by atoms with Gasteiger partial charge in [0, 0.05) is 10.0 Å². The maximum Gasteiger partial charge on any atom is 0.122 e. The fraction of sp³-hybridized carbons (Fsp3) is 0.364. The topological polar surface area (TPSA) is 33.0 Å². The van der Waals surface area contributed by atoms with E-state index < -0.39 is 0 Å². The van der Waals surface area contributed by atoms with Crippen molar-refractivity contribution >= 4 is 23.2 Å². The number of ether oxygens (including phenoxy) is 1. The Morgan fingerprint density at radius 2 is 1.93 bits per heavy atom. The number of rotatable bonds is 4. The molecule has 1 rings (SSSR count). The molecule has 0 bridgehead atoms. The number of hydrogen-bond acceptors (Lipinski definition) is 2. The van der Waals surface area contributed by atoms with Crippen LogP contribution >= 0.6 is 23.2 Å². The fourth-order valence-electron chi connectivity index (χ4n) is 1.16. The van der Waals surface area contributed by atoms with Gasteiger partial charge in [0.05, 0.1) is 12.5 Å². The van der Waals surface area contributed by atoms with Gasteiger partial charge in [-0.25, -0.2) is 0 Å². The van der Waals surface area contributed by atoms with Crippen molar-refractivity contribution in [3.8, 4) is 11.8 Å². The molecule has 0 heterocycles. The van der Waals surface area contributed by atoms with E-state index >= 15 is 0 Å². The molecule has 0 aromatic heterocycles. The molecule has 0 saturated heterocycles. The Morgan fingerprint density at radius 3 is 2.40 bits per heavy atom. The highest BCUT2D eigenvalue weighted by molar-refractivity contribution is 6.34. The Bertz CT molecular complexity index is 353. The Balaban J connectivity index is 2.75. The lowest BCUT2D eigenvalue weighted by Crippen LogP contribution is -2.14. The normalized spacial score (nSPS) is 11.9. The van der Waals surface area contributed by atoms with Crippen LogP contribution in [-0.4, -0.2) is 6.10 Å². The molecule has 15 heavy (non-hydrogen) atoms. The molecule has 1 unspecified atom stereocenters. The van der Waals surface area contributed by atoms with Crippen LogP contribution in [-0.2, 0) is 0 Å². The Morgan fingerprint density at radius 1 is 1.33 bits per heavy atom. The van der Waals surface area contributed by atoms with Gasteiger partial charge in [-0.15, -0.1) is 0 Å². The van der Waals surface area contributed by atoms with Gasteiger partial charge >= 0.3 is 0 Å². The van der Waals surface area contributed by atoms with E-state index in [-0.39, 0.29) is 6.10 Å². The monoisotopic (exact) mass is 243 g/mol. The first kappa shape index (κ1) is 12.2. The summed E-state index contributed by atoms with van der Waals surface area (Å²) >= 11 is 11.6. The van der Waals surface area contributed by atoms with Crippen molar-refractivity contribution in [3.05, 3.63) is 28.2 Å². The van der Waals surface area contributed by atoms with Crippen molar-refractivity contribution in [2.75, 3.05) is 0 Å². The number of hydrogen-bond donors (Lipinski definition) is 0. The Labute approximate surface area is 99.4 Å². The molecule has 0 saturated carbocycles. The molecule has 0 aliphatic rings. The fourth-order valence-corrected chi connectivity index (χ4v) is 1.67. The second-order valence-electron chi connectivity index (χ2n) is 3.12. The smallest absolute Gasteiger partial charge is 0.122 e. The molecule has 80 valence electrons. The van der Waals surface area contributed by atoms with E-state index in [0.29, 0.717) is 22.2 Å². The third kappa shape index (κ3) is 3.99. The van der Waals surface area contributed by atoms with E-state index in [1.165, 1.54) is 0 Å². The van der Waals surface area contributed by atoms with Crippen molar-refractivity contribution in [2.24, 2.45) is 0 Å². The van der Waals surface area contributed by atoms with Gasteiger partial charge in [-0.3, -0.25) is 0 Å². The van der Waals surface area contributed by atoms with Crippen LogP contribution < -0.4 is 4.74 Å². The molecule has 0 N–H and O–H groups in total. The van der Waals surface area contributed by atoms with Crippen molar-refractivity contribution < 1.29 is 4.74 Å².